The predicted molar refractivity (Wildman–Crippen MR) is 166 cm³/mol. The molecule has 1 unspecified atom stereocenters. The van der Waals surface area contributed by atoms with Crippen LogP contribution in [0.5, 0.6) is 5.75 Å². The Morgan fingerprint density at radius 1 is 1.07 bits per heavy atom. The summed E-state index contributed by atoms with van der Waals surface area (Å²) in [4.78, 5) is 32.5. The third-order valence-electron chi connectivity index (χ3n) is 7.32. The average Bonchev–Trinajstić information content (AvgIpc) is 3.50. The lowest BCUT2D eigenvalue weighted by atomic mass is 9.96. The number of aromatic nitrogens is 2. The lowest BCUT2D eigenvalue weighted by molar-refractivity contribution is -0.139. The largest absolute Gasteiger partial charge is 0.497 e. The summed E-state index contributed by atoms with van der Waals surface area (Å²) >= 11 is 7.40. The molecule has 212 valence electrons. The average molecular weight is 598 g/mol. The summed E-state index contributed by atoms with van der Waals surface area (Å²) in [6.07, 6.45) is 3.98. The van der Waals surface area contributed by atoms with Crippen LogP contribution in [-0.4, -0.2) is 28.8 Å². The second kappa shape index (κ2) is 11.5. The van der Waals surface area contributed by atoms with Crippen LogP contribution in [0.3, 0.4) is 0 Å². The van der Waals surface area contributed by atoms with Crippen LogP contribution in [0.15, 0.2) is 100 Å². The molecule has 1 atom stereocenters. The van der Waals surface area contributed by atoms with Crippen LogP contribution in [0.1, 0.15) is 36.6 Å². The number of hydrogen-bond donors (Lipinski definition) is 0. The monoisotopic (exact) mass is 597 g/mol. The van der Waals surface area contributed by atoms with Gasteiger partial charge in [-0.2, -0.15) is 0 Å². The molecule has 3 aromatic carbocycles. The lowest BCUT2D eigenvalue weighted by Crippen LogP contribution is -2.39. The van der Waals surface area contributed by atoms with Crippen molar-refractivity contribution in [2.45, 2.75) is 26.4 Å². The number of benzene rings is 3. The van der Waals surface area contributed by atoms with E-state index in [9.17, 15) is 9.59 Å². The fourth-order valence-corrected chi connectivity index (χ4v) is 6.51. The van der Waals surface area contributed by atoms with E-state index in [1.807, 2.05) is 66.7 Å². The minimum absolute atomic E-state index is 0.218. The van der Waals surface area contributed by atoms with Gasteiger partial charge in [-0.3, -0.25) is 9.36 Å². The molecule has 2 aromatic heterocycles. The van der Waals surface area contributed by atoms with Gasteiger partial charge in [-0.05, 0) is 61.4 Å². The van der Waals surface area contributed by atoms with Crippen LogP contribution in [0, 0.1) is 0 Å². The van der Waals surface area contributed by atoms with Crippen LogP contribution in [0.4, 0.5) is 0 Å². The molecule has 7 nitrogen and oxygen atoms in total. The zero-order valence-electron chi connectivity index (χ0n) is 23.3. The minimum Gasteiger partial charge on any atom is -0.497 e. The number of methoxy groups -OCH3 is 1. The number of para-hydroxylation sites is 1. The van der Waals surface area contributed by atoms with E-state index in [0.717, 1.165) is 27.6 Å². The molecule has 0 N–H and O–H groups in total. The van der Waals surface area contributed by atoms with E-state index < -0.39 is 12.0 Å². The summed E-state index contributed by atoms with van der Waals surface area (Å²) in [5, 5.41) is 1.73. The molecule has 0 saturated carbocycles. The smallest absolute Gasteiger partial charge is 0.338 e. The number of esters is 1. The van der Waals surface area contributed by atoms with Crippen molar-refractivity contribution in [2.75, 3.05) is 13.7 Å². The molecule has 1 aliphatic heterocycles. The van der Waals surface area contributed by atoms with E-state index in [-0.39, 0.29) is 12.2 Å². The molecule has 6 rings (SSSR count). The molecule has 5 aromatic rings. The second-order valence-electron chi connectivity index (χ2n) is 9.93. The van der Waals surface area contributed by atoms with Crippen molar-refractivity contribution in [2.24, 2.45) is 4.99 Å². The van der Waals surface area contributed by atoms with E-state index in [1.54, 1.807) is 25.5 Å². The van der Waals surface area contributed by atoms with Crippen LogP contribution < -0.4 is 19.6 Å². The Hall–Kier alpha value is -4.40. The first-order chi connectivity index (χ1) is 20.4. The molecule has 0 amide bonds. The number of carbonyl (C=O) groups is 1. The van der Waals surface area contributed by atoms with Crippen molar-refractivity contribution in [3.63, 3.8) is 0 Å². The van der Waals surface area contributed by atoms with E-state index >= 15 is 0 Å². The molecule has 0 radical (unpaired) electrons. The highest BCUT2D eigenvalue weighted by Gasteiger charge is 2.33. The molecule has 0 saturated heterocycles. The Morgan fingerprint density at radius 2 is 1.81 bits per heavy atom. The molecule has 0 bridgehead atoms. The normalized spacial score (nSPS) is 15.0. The third-order valence-corrected chi connectivity index (χ3v) is 8.56. The zero-order valence-corrected chi connectivity index (χ0v) is 24.9. The number of hydrogen-bond acceptors (Lipinski definition) is 6. The molecule has 0 spiro atoms. The van der Waals surface area contributed by atoms with Crippen LogP contribution in [0.25, 0.3) is 17.0 Å². The summed E-state index contributed by atoms with van der Waals surface area (Å²) in [5.74, 6) is 0.193. The van der Waals surface area contributed by atoms with Gasteiger partial charge in [-0.25, -0.2) is 9.79 Å². The van der Waals surface area contributed by atoms with Crippen molar-refractivity contribution in [1.29, 1.82) is 0 Å². The molecule has 9 heteroatoms. The maximum Gasteiger partial charge on any atom is 0.338 e. The molecule has 1 aliphatic rings. The summed E-state index contributed by atoms with van der Waals surface area (Å²) in [5.41, 5.74) is 4.52. The van der Waals surface area contributed by atoms with Crippen LogP contribution in [0.2, 0.25) is 5.02 Å². The molecular weight excluding hydrogens is 570 g/mol. The van der Waals surface area contributed by atoms with Gasteiger partial charge >= 0.3 is 5.97 Å². The van der Waals surface area contributed by atoms with Crippen molar-refractivity contribution < 1.29 is 14.3 Å². The van der Waals surface area contributed by atoms with Gasteiger partial charge in [0.2, 0.25) is 0 Å². The fourth-order valence-electron chi connectivity index (χ4n) is 5.34. The first-order valence-corrected chi connectivity index (χ1v) is 14.7. The van der Waals surface area contributed by atoms with Gasteiger partial charge in [-0.15, -0.1) is 0 Å². The SMILES string of the molecule is CCOC(=O)C1=C(C)N=c2sc(=Cc3cn(Cc4ccc(Cl)cc4)c4ccccc34)c(=O)n2C1c1ccc(OC)cc1. The van der Waals surface area contributed by atoms with Gasteiger partial charge in [-0.1, -0.05) is 65.4 Å². The van der Waals surface area contributed by atoms with Gasteiger partial charge in [0.1, 0.15) is 5.75 Å². The van der Waals surface area contributed by atoms with Crippen LogP contribution in [-0.2, 0) is 16.1 Å². The number of allylic oxidation sites excluding steroid dienone is 1. The number of nitrogens with zero attached hydrogens (tertiary/aromatic N) is 3. The summed E-state index contributed by atoms with van der Waals surface area (Å²) < 4.78 is 15.0. The summed E-state index contributed by atoms with van der Waals surface area (Å²) in [6, 6.07) is 22.6. The molecule has 0 fully saturated rings. The highest BCUT2D eigenvalue weighted by molar-refractivity contribution is 7.07. The van der Waals surface area contributed by atoms with Crippen molar-refractivity contribution in [1.82, 2.24) is 9.13 Å². The zero-order chi connectivity index (χ0) is 29.4. The Morgan fingerprint density at radius 3 is 2.52 bits per heavy atom. The number of halogens is 1. The molecular formula is C33H28ClN3O4S. The van der Waals surface area contributed by atoms with Gasteiger partial charge in [0.25, 0.3) is 5.56 Å². The van der Waals surface area contributed by atoms with Gasteiger partial charge in [0, 0.05) is 34.2 Å². The lowest BCUT2D eigenvalue weighted by Gasteiger charge is -2.24. The second-order valence-corrected chi connectivity index (χ2v) is 11.4. The van der Waals surface area contributed by atoms with Crippen LogP contribution >= 0.6 is 22.9 Å². The highest BCUT2D eigenvalue weighted by atomic mass is 35.5. The van der Waals surface area contributed by atoms with E-state index in [4.69, 9.17) is 26.1 Å². The number of fused-ring (bicyclic) bond motifs is 2. The molecule has 42 heavy (non-hydrogen) atoms. The minimum atomic E-state index is -0.681. The topological polar surface area (TPSA) is 74.8 Å². The highest BCUT2D eigenvalue weighted by Crippen LogP contribution is 2.32. The van der Waals surface area contributed by atoms with Crippen molar-refractivity contribution in [3.8, 4) is 5.75 Å². The Labute approximate surface area is 251 Å². The predicted octanol–water partition coefficient (Wildman–Crippen LogP) is 5.46. The first-order valence-electron chi connectivity index (χ1n) is 13.5. The van der Waals surface area contributed by atoms with Gasteiger partial charge < -0.3 is 14.0 Å². The third kappa shape index (κ3) is 5.08. The molecule has 3 heterocycles. The van der Waals surface area contributed by atoms with Crippen molar-refractivity contribution in [3.05, 3.63) is 132 Å². The number of rotatable bonds is 7. The maximum atomic E-state index is 14.1. The Bertz CT molecular complexity index is 2020. The van der Waals surface area contributed by atoms with Gasteiger partial charge in [0.15, 0.2) is 4.80 Å². The standard InChI is InChI=1S/C33H28ClN3O4S/c1-4-41-32(39)29-20(2)35-33-37(30(29)22-11-15-25(40-3)16-12-22)31(38)28(42-33)17-23-19-36(27-8-6-5-7-26(23)27)18-21-9-13-24(34)14-10-21/h5-17,19,30H,4,18H2,1-3H3. The van der Waals surface area contributed by atoms with Crippen molar-refractivity contribution >= 4 is 45.9 Å². The number of thiazole rings is 1. The first kappa shape index (κ1) is 27.8. The maximum absolute atomic E-state index is 14.1. The number of carbonyl (C=O) groups excluding carboxylic acids is 1. The summed E-state index contributed by atoms with van der Waals surface area (Å²) in [6.45, 7) is 4.42. The van der Waals surface area contributed by atoms with E-state index in [0.29, 0.717) is 37.9 Å². The van der Waals surface area contributed by atoms with E-state index in [1.165, 1.54) is 11.3 Å². The Kier molecular flexibility index (Phi) is 7.58. The molecule has 0 aliphatic carbocycles. The number of ether oxygens (including phenoxy) is 2. The Balaban J connectivity index is 1.50. The van der Waals surface area contributed by atoms with E-state index in [2.05, 4.69) is 22.9 Å². The van der Waals surface area contributed by atoms with Gasteiger partial charge in [0.05, 0.1) is 35.6 Å². The summed E-state index contributed by atoms with van der Waals surface area (Å²) in [7, 11) is 1.60. The quantitative estimate of drug-likeness (QED) is 0.233. The fraction of sp³-hybridized carbons (Fsp3) is 0.182.